The Morgan fingerprint density at radius 2 is 1.92 bits per heavy atom. The zero-order valence-electron chi connectivity index (χ0n) is 16.7. The molecule has 1 saturated heterocycles. The molecule has 1 aromatic carbocycles. The van der Waals surface area contributed by atoms with Gasteiger partial charge in [0, 0.05) is 37.4 Å². The van der Waals surface area contributed by atoms with Crippen LogP contribution in [0.1, 0.15) is 32.3 Å². The lowest BCUT2D eigenvalue weighted by molar-refractivity contribution is -0.00501. The Hall–Kier alpha value is -1.79. The Morgan fingerprint density at radius 3 is 2.58 bits per heavy atom. The van der Waals surface area contributed by atoms with E-state index >= 15 is 0 Å². The van der Waals surface area contributed by atoms with Gasteiger partial charge < -0.3 is 25.0 Å². The molecule has 2 rings (SSSR count). The molecule has 2 N–H and O–H groups in total. The normalized spacial score (nSPS) is 17.2. The highest BCUT2D eigenvalue weighted by Crippen LogP contribution is 2.25. The van der Waals surface area contributed by atoms with Gasteiger partial charge in [0.15, 0.2) is 5.96 Å². The zero-order valence-corrected chi connectivity index (χ0v) is 16.7. The van der Waals surface area contributed by atoms with Crippen molar-refractivity contribution >= 4 is 5.96 Å². The molecule has 6 nitrogen and oxygen atoms in total. The van der Waals surface area contributed by atoms with Gasteiger partial charge in [-0.1, -0.05) is 18.2 Å². The second-order valence-electron chi connectivity index (χ2n) is 6.82. The summed E-state index contributed by atoms with van der Waals surface area (Å²) in [7, 11) is 4.30. The van der Waals surface area contributed by atoms with Gasteiger partial charge in [-0.3, -0.25) is 0 Å². The predicted molar refractivity (Wildman–Crippen MR) is 107 cm³/mol. The van der Waals surface area contributed by atoms with E-state index in [1.165, 1.54) is 0 Å². The van der Waals surface area contributed by atoms with Crippen LogP contribution in [0.25, 0.3) is 0 Å². The Labute approximate surface area is 158 Å². The quantitative estimate of drug-likeness (QED) is 0.549. The Bertz CT molecular complexity index is 569. The highest BCUT2D eigenvalue weighted by molar-refractivity contribution is 5.79. The van der Waals surface area contributed by atoms with Crippen molar-refractivity contribution in [1.82, 2.24) is 15.5 Å². The van der Waals surface area contributed by atoms with Crippen LogP contribution in [0.3, 0.4) is 0 Å². The van der Waals surface area contributed by atoms with Crippen LogP contribution in [-0.4, -0.2) is 63.4 Å². The van der Waals surface area contributed by atoms with E-state index in [-0.39, 0.29) is 5.54 Å². The Balaban J connectivity index is 2.04. The maximum absolute atomic E-state index is 5.70. The molecular formula is C20H34N4O2. The predicted octanol–water partition coefficient (Wildman–Crippen LogP) is 2.25. The Kier molecular flexibility index (Phi) is 8.19. The van der Waals surface area contributed by atoms with E-state index in [1.807, 2.05) is 25.1 Å². The second kappa shape index (κ2) is 10.4. The van der Waals surface area contributed by atoms with Crippen molar-refractivity contribution in [3.63, 3.8) is 0 Å². The SMILES string of the molecule is CCNC(=NCc1ccccc1OCC)NCC1(N(C)C)CCOCC1. The summed E-state index contributed by atoms with van der Waals surface area (Å²) in [5, 5.41) is 6.88. The third-order valence-electron chi connectivity index (χ3n) is 4.98. The molecule has 146 valence electrons. The van der Waals surface area contributed by atoms with Crippen molar-refractivity contribution in [2.75, 3.05) is 47.0 Å². The van der Waals surface area contributed by atoms with Gasteiger partial charge in [-0.15, -0.1) is 0 Å². The third kappa shape index (κ3) is 5.61. The van der Waals surface area contributed by atoms with E-state index in [0.717, 1.165) is 56.4 Å². The second-order valence-corrected chi connectivity index (χ2v) is 6.82. The fraction of sp³-hybridized carbons (Fsp3) is 0.650. The number of hydrogen-bond donors (Lipinski definition) is 2. The fourth-order valence-corrected chi connectivity index (χ4v) is 3.22. The fourth-order valence-electron chi connectivity index (χ4n) is 3.22. The number of likely N-dealkylation sites (N-methyl/N-ethyl adjacent to an activating group) is 1. The van der Waals surface area contributed by atoms with Crippen molar-refractivity contribution in [1.29, 1.82) is 0 Å². The topological polar surface area (TPSA) is 58.1 Å². The largest absolute Gasteiger partial charge is 0.494 e. The summed E-state index contributed by atoms with van der Waals surface area (Å²) in [6.45, 7) is 8.64. The molecule has 0 unspecified atom stereocenters. The number of nitrogens with zero attached hydrogens (tertiary/aromatic N) is 2. The van der Waals surface area contributed by atoms with Gasteiger partial charge in [0.05, 0.1) is 13.2 Å². The van der Waals surface area contributed by atoms with Crippen LogP contribution >= 0.6 is 0 Å². The number of rotatable bonds is 8. The van der Waals surface area contributed by atoms with Gasteiger partial charge in [0.2, 0.25) is 0 Å². The van der Waals surface area contributed by atoms with Crippen molar-refractivity contribution < 1.29 is 9.47 Å². The molecule has 1 aromatic rings. The van der Waals surface area contributed by atoms with E-state index in [4.69, 9.17) is 14.5 Å². The van der Waals surface area contributed by atoms with Crippen molar-refractivity contribution in [3.8, 4) is 5.75 Å². The van der Waals surface area contributed by atoms with E-state index in [0.29, 0.717) is 13.2 Å². The molecule has 0 radical (unpaired) electrons. The van der Waals surface area contributed by atoms with Gasteiger partial charge in [-0.25, -0.2) is 4.99 Å². The summed E-state index contributed by atoms with van der Waals surface area (Å²) >= 11 is 0. The summed E-state index contributed by atoms with van der Waals surface area (Å²) in [5.41, 5.74) is 1.21. The molecule has 1 aliphatic rings. The van der Waals surface area contributed by atoms with Crippen molar-refractivity contribution in [2.45, 2.75) is 38.8 Å². The van der Waals surface area contributed by atoms with Gasteiger partial charge in [-0.05, 0) is 46.9 Å². The van der Waals surface area contributed by atoms with Crippen LogP contribution in [0.5, 0.6) is 5.75 Å². The van der Waals surface area contributed by atoms with Crippen LogP contribution in [0.4, 0.5) is 0 Å². The van der Waals surface area contributed by atoms with Crippen LogP contribution < -0.4 is 15.4 Å². The average molecular weight is 363 g/mol. The third-order valence-corrected chi connectivity index (χ3v) is 4.98. The molecule has 0 bridgehead atoms. The molecule has 0 saturated carbocycles. The molecule has 0 amide bonds. The van der Waals surface area contributed by atoms with Crippen LogP contribution in [0.15, 0.2) is 29.3 Å². The first-order valence-electron chi connectivity index (χ1n) is 9.59. The molecule has 0 atom stereocenters. The summed E-state index contributed by atoms with van der Waals surface area (Å²) < 4.78 is 11.3. The number of benzene rings is 1. The Morgan fingerprint density at radius 1 is 1.19 bits per heavy atom. The summed E-state index contributed by atoms with van der Waals surface area (Å²) in [6, 6.07) is 8.08. The summed E-state index contributed by atoms with van der Waals surface area (Å²) in [4.78, 5) is 7.08. The molecule has 1 aliphatic heterocycles. The zero-order chi connectivity index (χ0) is 18.8. The number of aliphatic imine (C=N–C) groups is 1. The standard InChI is InChI=1S/C20H34N4O2/c1-5-21-19(22-15-17-9-7-8-10-18(17)26-6-2)23-16-20(24(3)4)11-13-25-14-12-20/h7-10H,5-6,11-16H2,1-4H3,(H2,21,22,23). The molecule has 6 heteroatoms. The molecule has 26 heavy (non-hydrogen) atoms. The summed E-state index contributed by atoms with van der Waals surface area (Å²) in [6.07, 6.45) is 2.05. The molecule has 0 aliphatic carbocycles. The molecule has 0 spiro atoms. The average Bonchev–Trinajstić information content (AvgIpc) is 2.66. The number of guanidine groups is 1. The highest BCUT2D eigenvalue weighted by atomic mass is 16.5. The van der Waals surface area contributed by atoms with E-state index in [9.17, 15) is 0 Å². The minimum atomic E-state index is 0.109. The molecular weight excluding hydrogens is 328 g/mol. The first kappa shape index (κ1) is 20.5. The van der Waals surface area contributed by atoms with Gasteiger partial charge in [0.1, 0.15) is 5.75 Å². The maximum Gasteiger partial charge on any atom is 0.191 e. The minimum Gasteiger partial charge on any atom is -0.494 e. The maximum atomic E-state index is 5.70. The van der Waals surface area contributed by atoms with E-state index in [1.54, 1.807) is 0 Å². The van der Waals surface area contributed by atoms with Gasteiger partial charge >= 0.3 is 0 Å². The van der Waals surface area contributed by atoms with Gasteiger partial charge in [0.25, 0.3) is 0 Å². The lowest BCUT2D eigenvalue weighted by atomic mass is 9.88. The lowest BCUT2D eigenvalue weighted by Gasteiger charge is -2.43. The smallest absolute Gasteiger partial charge is 0.191 e. The molecule has 0 aromatic heterocycles. The number of hydrogen-bond acceptors (Lipinski definition) is 4. The van der Waals surface area contributed by atoms with Crippen LogP contribution in [0.2, 0.25) is 0 Å². The number of nitrogens with one attached hydrogen (secondary N) is 2. The highest BCUT2D eigenvalue weighted by Gasteiger charge is 2.34. The monoisotopic (exact) mass is 362 g/mol. The van der Waals surface area contributed by atoms with E-state index in [2.05, 4.69) is 42.6 Å². The molecule has 1 heterocycles. The number of ether oxygens (including phenoxy) is 2. The van der Waals surface area contributed by atoms with Gasteiger partial charge in [-0.2, -0.15) is 0 Å². The van der Waals surface area contributed by atoms with Crippen LogP contribution in [-0.2, 0) is 11.3 Å². The summed E-state index contributed by atoms with van der Waals surface area (Å²) in [5.74, 6) is 1.75. The van der Waals surface area contributed by atoms with Crippen LogP contribution in [0, 0.1) is 0 Å². The van der Waals surface area contributed by atoms with Crippen molar-refractivity contribution in [3.05, 3.63) is 29.8 Å². The first-order valence-corrected chi connectivity index (χ1v) is 9.59. The molecule has 1 fully saturated rings. The van der Waals surface area contributed by atoms with E-state index < -0.39 is 0 Å². The minimum absolute atomic E-state index is 0.109. The van der Waals surface area contributed by atoms with Crippen molar-refractivity contribution in [2.24, 2.45) is 4.99 Å². The first-order chi connectivity index (χ1) is 12.6. The lowest BCUT2D eigenvalue weighted by Crippen LogP contribution is -2.57. The number of para-hydroxylation sites is 1.